The number of aliphatic carboxylic acids is 3. The van der Waals surface area contributed by atoms with E-state index in [9.17, 15) is 102 Å². The minimum Gasteiger partial charge on any atom is -0.481 e. The van der Waals surface area contributed by atoms with Crippen LogP contribution in [0.1, 0.15) is 180 Å². The number of hydrogen-bond acceptors (Lipinski definition) is 22. The first-order valence-corrected chi connectivity index (χ1v) is 39.9. The minimum absolute atomic E-state index is 0.00313. The molecule has 15 amide bonds. The van der Waals surface area contributed by atoms with Crippen molar-refractivity contribution >= 4 is 130 Å². The van der Waals surface area contributed by atoms with E-state index in [1.165, 1.54) is 25.6 Å². The second-order valence-electron chi connectivity index (χ2n) is 30.3. The summed E-state index contributed by atoms with van der Waals surface area (Å²) in [4.78, 5) is 250. The molecule has 0 spiro atoms. The molecule has 0 aromatic carbocycles. The lowest BCUT2D eigenvalue weighted by Crippen LogP contribution is -2.61. The monoisotopic (exact) mass is 1670 g/mol. The number of thioether (sulfide) groups is 1. The normalized spacial score (nSPS) is 14.8. The third kappa shape index (κ3) is 42.6. The van der Waals surface area contributed by atoms with Gasteiger partial charge < -0.3 is 124 Å². The Labute approximate surface area is 680 Å². The number of guanidine groups is 2. The van der Waals surface area contributed by atoms with E-state index >= 15 is 0 Å². The molecule has 29 N–H and O–H groups in total. The summed E-state index contributed by atoms with van der Waals surface area (Å²) in [7, 11) is 0. The van der Waals surface area contributed by atoms with Crippen LogP contribution in [0.15, 0.2) is 9.98 Å². The van der Waals surface area contributed by atoms with Crippen LogP contribution < -0.4 is 109 Å². The molecule has 0 fully saturated rings. The van der Waals surface area contributed by atoms with Crippen molar-refractivity contribution < 1.29 is 102 Å². The molecule has 0 saturated heterocycles. The van der Waals surface area contributed by atoms with Gasteiger partial charge in [0.25, 0.3) is 0 Å². The van der Waals surface area contributed by atoms with Crippen LogP contribution >= 0.6 is 11.8 Å². The number of carbonyl (C=O) groups excluding carboxylic acids is 15. The maximum atomic E-state index is 14.4. The molecule has 0 bridgehead atoms. The number of nitrogens with zero attached hydrogens (tertiary/aromatic N) is 2. The maximum absolute atomic E-state index is 14.4. The number of amides is 15. The zero-order chi connectivity index (χ0) is 89.1. The van der Waals surface area contributed by atoms with Crippen molar-refractivity contribution in [3.63, 3.8) is 0 Å². The van der Waals surface area contributed by atoms with E-state index in [1.807, 2.05) is 0 Å². The van der Waals surface area contributed by atoms with Crippen LogP contribution in [0.5, 0.6) is 0 Å². The Morgan fingerprint density at radius 1 is 0.336 bits per heavy atom. The number of carboxylic acid groups (broad SMARTS) is 3. The molecule has 0 aliphatic heterocycles. The molecule has 0 unspecified atom stereocenters. The zero-order valence-electron chi connectivity index (χ0n) is 69.0. The molecule has 14 atom stereocenters. The molecule has 43 nitrogen and oxygen atoms in total. The Balaban J connectivity index is 6.79. The summed E-state index contributed by atoms with van der Waals surface area (Å²) in [5.74, 6) is -21.1. The Kier molecular flexibility index (Phi) is 49.2. The lowest BCUT2D eigenvalue weighted by atomic mass is 9.98. The second-order valence-corrected chi connectivity index (χ2v) is 31.3. The van der Waals surface area contributed by atoms with Gasteiger partial charge in [0.1, 0.15) is 78.5 Å². The number of primary amides is 1. The molecule has 658 valence electrons. The summed E-state index contributed by atoms with van der Waals surface area (Å²) in [6, 6.07) is -20.0. The predicted octanol–water partition coefficient (Wildman–Crippen LogP) is -5.57. The van der Waals surface area contributed by atoms with Crippen molar-refractivity contribution in [2.45, 2.75) is 265 Å². The molecule has 0 saturated carbocycles. The minimum atomic E-state index is -1.73. The van der Waals surface area contributed by atoms with Crippen molar-refractivity contribution in [3.05, 3.63) is 0 Å². The topological polar surface area (TPSA) is 717 Å². The Morgan fingerprint density at radius 3 is 0.983 bits per heavy atom. The van der Waals surface area contributed by atoms with E-state index in [0.29, 0.717) is 5.75 Å². The van der Waals surface area contributed by atoms with Crippen LogP contribution in [0.4, 0.5) is 0 Å². The highest BCUT2D eigenvalue weighted by Crippen LogP contribution is 2.16. The van der Waals surface area contributed by atoms with E-state index in [2.05, 4.69) is 84.4 Å². The molecule has 0 radical (unpaired) electrons. The molecule has 0 aliphatic carbocycles. The molecular formula is C72H128N22O21S. The quantitative estimate of drug-likeness (QED) is 0.0153. The molecule has 116 heavy (non-hydrogen) atoms. The highest BCUT2D eigenvalue weighted by atomic mass is 32.2. The lowest BCUT2D eigenvalue weighted by Gasteiger charge is -2.29. The average molecular weight is 1670 g/mol. The van der Waals surface area contributed by atoms with Gasteiger partial charge in [-0.25, -0.2) is 4.79 Å². The van der Waals surface area contributed by atoms with Crippen molar-refractivity contribution in [1.29, 1.82) is 0 Å². The van der Waals surface area contributed by atoms with Gasteiger partial charge in [-0.2, -0.15) is 11.8 Å². The van der Waals surface area contributed by atoms with Gasteiger partial charge in [-0.3, -0.25) is 91.5 Å². The fraction of sp³-hybridized carbons (Fsp3) is 0.722. The third-order valence-electron chi connectivity index (χ3n) is 17.6. The summed E-state index contributed by atoms with van der Waals surface area (Å²) < 4.78 is 0. The first-order chi connectivity index (χ1) is 53.9. The SMILES string of the molecule is CSCC[C@H](N)C(=O)N[C@@H](CCC(=O)O)C(=O)N[C@@H](CCC(N)=O)C(=O)N[C@@H](CCCN=C(N)N)C(=O)N[C@@H](C)C(=O)N[C@@H](CCC(=O)O)C(=O)N[C@@H](CC(C)C)C(=O)N[C@H](C(=O)N[C@H](C(=O)NCC(=O)N[C@@H](CCCN=C(N)N)C(=O)N[C@@H](C)C(=O)N[C@@H](CC(C)C)C(=O)N[C@H](C(=O)N[C@H](C(=O)O)C(C)C)C(C)C)C(C)C)C(C)C. The summed E-state index contributed by atoms with van der Waals surface area (Å²) in [5, 5.41) is 63.7. The Bertz CT molecular complexity index is 3410. The summed E-state index contributed by atoms with van der Waals surface area (Å²) >= 11 is 1.39. The van der Waals surface area contributed by atoms with E-state index in [4.69, 9.17) is 34.4 Å². The molecule has 0 aromatic heterocycles. The molecular weight excluding hydrogens is 1540 g/mol. The number of carbonyl (C=O) groups is 18. The van der Waals surface area contributed by atoms with E-state index in [1.54, 1.807) is 89.3 Å². The van der Waals surface area contributed by atoms with E-state index in [0.717, 1.165) is 0 Å². The number of rotatable bonds is 57. The summed E-state index contributed by atoms with van der Waals surface area (Å²) in [5.41, 5.74) is 33.3. The summed E-state index contributed by atoms with van der Waals surface area (Å²) in [6.45, 7) is 21.2. The van der Waals surface area contributed by atoms with Gasteiger partial charge in [-0.05, 0) is 126 Å². The van der Waals surface area contributed by atoms with Gasteiger partial charge in [0, 0.05) is 32.4 Å². The standard InChI is InChI=1S/C72H128N22O21S/c1-33(2)30-47(65(109)92-55(37(9)10)69(113)94-56(38(11)12)70(114)115)89-58(102)40(14)82-60(104)42(18-16-27-79-71(75)76)84-50(96)32-81-67(111)53(35(5)6)93-68(112)54(36(7)8)91-66(110)48(31-34(3)4)90-64(108)45(21-24-51(97)98)85-57(101)39(13)83-61(105)43(19-17-28-80-72(77)78)87-62(106)44(20-23-49(74)95)88-63(107)46(22-25-52(99)100)86-59(103)41(73)26-29-116-15/h33-48,53-56H,16-32,73H2,1-15H3,(H2,74,95)(H,81,111)(H,82,104)(H,83,105)(H,84,96)(H,85,101)(H,86,103)(H,87,106)(H,88,107)(H,89,102)(H,90,108)(H,91,110)(H,92,109)(H,93,112)(H,94,113)(H,97,98)(H,99,100)(H,114,115)(H4,75,76,79)(H4,77,78,80)/t39-,40-,41-,42-,43-,44-,45-,46-,47-,48-,53-,54-,55-,56-/m0/s1. The highest BCUT2D eigenvalue weighted by molar-refractivity contribution is 7.98. The lowest BCUT2D eigenvalue weighted by molar-refractivity contribution is -0.144. The molecule has 0 heterocycles. The first kappa shape index (κ1) is 105. The number of nitrogens with two attached hydrogens (primary N) is 6. The van der Waals surface area contributed by atoms with Crippen molar-refractivity contribution in [3.8, 4) is 0 Å². The molecule has 0 aromatic rings. The van der Waals surface area contributed by atoms with Gasteiger partial charge >= 0.3 is 17.9 Å². The maximum Gasteiger partial charge on any atom is 0.326 e. The predicted molar refractivity (Wildman–Crippen MR) is 428 cm³/mol. The van der Waals surface area contributed by atoms with Gasteiger partial charge in [0.05, 0.1) is 12.6 Å². The van der Waals surface area contributed by atoms with Gasteiger partial charge in [-0.1, -0.05) is 83.1 Å². The number of nitrogens with one attached hydrogen (secondary N) is 14. The number of hydrogen-bond donors (Lipinski definition) is 23. The highest BCUT2D eigenvalue weighted by Gasteiger charge is 2.39. The molecule has 0 rings (SSSR count). The first-order valence-electron chi connectivity index (χ1n) is 38.5. The van der Waals surface area contributed by atoms with Crippen LogP contribution in [-0.4, -0.2) is 250 Å². The van der Waals surface area contributed by atoms with E-state index < -0.39 is 260 Å². The van der Waals surface area contributed by atoms with Crippen LogP contribution in [0, 0.1) is 35.5 Å². The van der Waals surface area contributed by atoms with Gasteiger partial charge in [0.15, 0.2) is 11.9 Å². The average Bonchev–Trinajstić information content (AvgIpc) is 0.860. The van der Waals surface area contributed by atoms with Gasteiger partial charge in [0.2, 0.25) is 88.6 Å². The smallest absolute Gasteiger partial charge is 0.326 e. The summed E-state index contributed by atoms with van der Waals surface area (Å²) in [6.07, 6.45) is -1.73. The number of carboxylic acids is 3. The fourth-order valence-electron chi connectivity index (χ4n) is 11.0. The Morgan fingerprint density at radius 2 is 0.638 bits per heavy atom. The fourth-order valence-corrected chi connectivity index (χ4v) is 11.5. The van der Waals surface area contributed by atoms with Crippen LogP contribution in [0.2, 0.25) is 0 Å². The van der Waals surface area contributed by atoms with E-state index in [-0.39, 0.29) is 81.8 Å². The van der Waals surface area contributed by atoms with Crippen molar-refractivity contribution in [1.82, 2.24) is 74.4 Å². The second kappa shape index (κ2) is 54.2. The zero-order valence-corrected chi connectivity index (χ0v) is 69.8. The van der Waals surface area contributed by atoms with Crippen LogP contribution in [0.3, 0.4) is 0 Å². The third-order valence-corrected chi connectivity index (χ3v) is 18.2. The molecule has 0 aliphatic rings. The van der Waals surface area contributed by atoms with Crippen molar-refractivity contribution in [2.75, 3.05) is 31.6 Å². The van der Waals surface area contributed by atoms with Crippen molar-refractivity contribution in [2.24, 2.45) is 79.9 Å². The Hall–Kier alpha value is -10.7. The van der Waals surface area contributed by atoms with Crippen LogP contribution in [0.25, 0.3) is 0 Å². The van der Waals surface area contributed by atoms with Gasteiger partial charge in [-0.15, -0.1) is 0 Å². The molecule has 44 heteroatoms. The largest absolute Gasteiger partial charge is 0.481 e. The van der Waals surface area contributed by atoms with Crippen LogP contribution in [-0.2, 0) is 86.3 Å². The number of aliphatic imine (C=N–C) groups is 2.